The smallest absolute Gasteiger partial charge is 0.150 e. The lowest BCUT2D eigenvalue weighted by Gasteiger charge is -2.46. The SMILES string of the molecule is C#C[C@H](C)N1[C@@H]2Cc3c([nH]c4ccccc34)[C@H]1CCC2=O. The normalized spacial score (nSPS) is 26.4. The van der Waals surface area contributed by atoms with Crippen LogP contribution in [0.25, 0.3) is 10.9 Å². The number of Topliss-reactive ketones (excluding diaryl/α,β-unsaturated/α-hetero) is 1. The number of aromatic nitrogens is 1. The number of ketones is 1. The topological polar surface area (TPSA) is 36.1 Å². The van der Waals surface area contributed by atoms with Crippen LogP contribution < -0.4 is 0 Å². The zero-order valence-electron chi connectivity index (χ0n) is 12.1. The Labute approximate surface area is 124 Å². The Morgan fingerprint density at radius 2 is 2.19 bits per heavy atom. The van der Waals surface area contributed by atoms with Gasteiger partial charge >= 0.3 is 0 Å². The number of para-hydroxylation sites is 1. The Morgan fingerprint density at radius 3 is 3.00 bits per heavy atom. The van der Waals surface area contributed by atoms with Crippen molar-refractivity contribution in [3.05, 3.63) is 35.5 Å². The third-order valence-electron chi connectivity index (χ3n) is 5.02. The molecule has 1 saturated heterocycles. The molecule has 0 unspecified atom stereocenters. The monoisotopic (exact) mass is 278 g/mol. The molecule has 2 aliphatic heterocycles. The summed E-state index contributed by atoms with van der Waals surface area (Å²) in [4.78, 5) is 18.2. The van der Waals surface area contributed by atoms with Gasteiger partial charge in [0, 0.05) is 23.0 Å². The summed E-state index contributed by atoms with van der Waals surface area (Å²) in [5, 5.41) is 1.25. The van der Waals surface area contributed by atoms with E-state index in [1.165, 1.54) is 16.6 Å². The fourth-order valence-corrected chi connectivity index (χ4v) is 4.04. The summed E-state index contributed by atoms with van der Waals surface area (Å²) in [6.07, 6.45) is 7.94. The first-order valence-corrected chi connectivity index (χ1v) is 7.56. The highest BCUT2D eigenvalue weighted by Gasteiger charge is 2.44. The molecule has 3 atom stereocenters. The average molecular weight is 278 g/mol. The quantitative estimate of drug-likeness (QED) is 0.814. The molecule has 0 saturated carbocycles. The van der Waals surface area contributed by atoms with Crippen LogP contribution in [-0.2, 0) is 11.2 Å². The van der Waals surface area contributed by atoms with Crippen molar-refractivity contribution in [2.24, 2.45) is 0 Å². The number of hydrogen-bond donors (Lipinski definition) is 1. The molecule has 3 nitrogen and oxygen atoms in total. The lowest BCUT2D eigenvalue weighted by molar-refractivity contribution is -0.130. The van der Waals surface area contributed by atoms with E-state index in [1.807, 2.05) is 13.0 Å². The number of nitrogens with zero attached hydrogens (tertiary/aromatic N) is 1. The van der Waals surface area contributed by atoms with Crippen LogP contribution in [0.1, 0.15) is 37.1 Å². The standard InChI is InChI=1S/C18H18N2O/c1-3-11(2)20-15-8-9-17(21)16(20)10-13-12-6-4-5-7-14(12)19-18(13)15/h1,4-7,11,15-16,19H,8-10H2,2H3/t11-,15+,16+/m0/s1. The van der Waals surface area contributed by atoms with E-state index in [2.05, 4.69) is 34.0 Å². The molecule has 106 valence electrons. The highest BCUT2D eigenvalue weighted by atomic mass is 16.1. The number of aromatic amines is 1. The van der Waals surface area contributed by atoms with Crippen molar-refractivity contribution in [3.8, 4) is 12.3 Å². The molecule has 2 aromatic rings. The van der Waals surface area contributed by atoms with Crippen LogP contribution >= 0.6 is 0 Å². The lowest BCUT2D eigenvalue weighted by atomic mass is 9.81. The third kappa shape index (κ3) is 1.69. The molecule has 0 spiro atoms. The van der Waals surface area contributed by atoms with Crippen LogP contribution in [0.15, 0.2) is 24.3 Å². The van der Waals surface area contributed by atoms with Gasteiger partial charge in [0.2, 0.25) is 0 Å². The Bertz CT molecular complexity index is 767. The average Bonchev–Trinajstić information content (AvgIpc) is 2.88. The van der Waals surface area contributed by atoms with Gasteiger partial charge in [-0.25, -0.2) is 0 Å². The first-order valence-electron chi connectivity index (χ1n) is 7.56. The Morgan fingerprint density at radius 1 is 1.38 bits per heavy atom. The minimum atomic E-state index is -0.0542. The fourth-order valence-electron chi connectivity index (χ4n) is 4.04. The number of carbonyl (C=O) groups is 1. The summed E-state index contributed by atoms with van der Waals surface area (Å²) < 4.78 is 0. The zero-order chi connectivity index (χ0) is 14.6. The molecule has 0 radical (unpaired) electrons. The Hall–Kier alpha value is -2.05. The molecule has 1 N–H and O–H groups in total. The minimum Gasteiger partial charge on any atom is -0.357 e. The molecule has 1 aromatic carbocycles. The van der Waals surface area contributed by atoms with Gasteiger partial charge in [0.15, 0.2) is 0 Å². The molecule has 1 fully saturated rings. The van der Waals surface area contributed by atoms with Crippen molar-refractivity contribution in [2.45, 2.75) is 44.3 Å². The number of fused-ring (bicyclic) bond motifs is 6. The number of piperidine rings is 1. The van der Waals surface area contributed by atoms with Crippen LogP contribution in [0.4, 0.5) is 0 Å². The van der Waals surface area contributed by atoms with Gasteiger partial charge in [0.25, 0.3) is 0 Å². The maximum atomic E-state index is 12.4. The second-order valence-corrected chi connectivity index (χ2v) is 6.09. The summed E-state index contributed by atoms with van der Waals surface area (Å²) in [7, 11) is 0. The van der Waals surface area contributed by atoms with Crippen molar-refractivity contribution in [1.29, 1.82) is 0 Å². The third-order valence-corrected chi connectivity index (χ3v) is 5.02. The van der Waals surface area contributed by atoms with Crippen molar-refractivity contribution in [2.75, 3.05) is 0 Å². The number of H-pyrrole nitrogens is 1. The molecule has 3 heterocycles. The van der Waals surface area contributed by atoms with Gasteiger partial charge in [-0.05, 0) is 31.4 Å². The van der Waals surface area contributed by atoms with Crippen molar-refractivity contribution < 1.29 is 4.79 Å². The van der Waals surface area contributed by atoms with Crippen molar-refractivity contribution in [1.82, 2.24) is 9.88 Å². The van der Waals surface area contributed by atoms with Gasteiger partial charge in [-0.3, -0.25) is 9.69 Å². The first-order chi connectivity index (χ1) is 10.2. The van der Waals surface area contributed by atoms with Gasteiger partial charge in [-0.15, -0.1) is 6.42 Å². The van der Waals surface area contributed by atoms with E-state index < -0.39 is 0 Å². The maximum Gasteiger partial charge on any atom is 0.150 e. The van der Waals surface area contributed by atoms with Gasteiger partial charge in [-0.2, -0.15) is 0 Å². The fraction of sp³-hybridized carbons (Fsp3) is 0.389. The molecule has 0 amide bonds. The molecular weight excluding hydrogens is 260 g/mol. The summed E-state index contributed by atoms with van der Waals surface area (Å²) in [6, 6.07) is 8.54. The van der Waals surface area contributed by atoms with E-state index in [4.69, 9.17) is 6.42 Å². The number of terminal acetylenes is 1. The molecule has 2 bridgehead atoms. The first kappa shape index (κ1) is 12.7. The van der Waals surface area contributed by atoms with E-state index in [-0.39, 0.29) is 18.1 Å². The summed E-state index contributed by atoms with van der Waals surface area (Å²) >= 11 is 0. The predicted octanol–water partition coefficient (Wildman–Crippen LogP) is 2.82. The number of nitrogens with one attached hydrogen (secondary N) is 1. The lowest BCUT2D eigenvalue weighted by Crippen LogP contribution is -2.54. The summed E-state index contributed by atoms with van der Waals surface area (Å²) in [5.41, 5.74) is 3.74. The Balaban J connectivity index is 1.92. The number of benzene rings is 1. The molecule has 1 aromatic heterocycles. The Kier molecular flexibility index (Phi) is 2.70. The largest absolute Gasteiger partial charge is 0.357 e. The highest BCUT2D eigenvalue weighted by molar-refractivity contribution is 5.90. The zero-order valence-corrected chi connectivity index (χ0v) is 12.1. The van der Waals surface area contributed by atoms with Crippen LogP contribution in [0, 0.1) is 12.3 Å². The van der Waals surface area contributed by atoms with Crippen LogP contribution in [0.2, 0.25) is 0 Å². The molecule has 3 heteroatoms. The summed E-state index contributed by atoms with van der Waals surface area (Å²) in [5.74, 6) is 3.15. The highest BCUT2D eigenvalue weighted by Crippen LogP contribution is 2.43. The van der Waals surface area contributed by atoms with Gasteiger partial charge in [0.05, 0.1) is 18.1 Å². The van der Waals surface area contributed by atoms with E-state index in [0.717, 1.165) is 18.4 Å². The second-order valence-electron chi connectivity index (χ2n) is 6.09. The second kappa shape index (κ2) is 4.47. The minimum absolute atomic E-state index is 0.0104. The maximum absolute atomic E-state index is 12.4. The van der Waals surface area contributed by atoms with Crippen molar-refractivity contribution in [3.63, 3.8) is 0 Å². The van der Waals surface area contributed by atoms with E-state index in [1.54, 1.807) is 0 Å². The summed E-state index contributed by atoms with van der Waals surface area (Å²) in [6.45, 7) is 2.02. The van der Waals surface area contributed by atoms with Gasteiger partial charge in [-0.1, -0.05) is 24.1 Å². The van der Waals surface area contributed by atoms with E-state index in [0.29, 0.717) is 12.2 Å². The molecular formula is C18H18N2O. The van der Waals surface area contributed by atoms with Crippen molar-refractivity contribution >= 4 is 16.7 Å². The molecule has 4 rings (SSSR count). The molecule has 0 aliphatic carbocycles. The van der Waals surface area contributed by atoms with E-state index >= 15 is 0 Å². The number of carbonyl (C=O) groups excluding carboxylic acids is 1. The van der Waals surface area contributed by atoms with Crippen LogP contribution in [0.3, 0.4) is 0 Å². The van der Waals surface area contributed by atoms with E-state index in [9.17, 15) is 4.79 Å². The molecule has 21 heavy (non-hydrogen) atoms. The van der Waals surface area contributed by atoms with Gasteiger partial charge < -0.3 is 4.98 Å². The number of hydrogen-bond acceptors (Lipinski definition) is 2. The molecule has 2 aliphatic rings. The van der Waals surface area contributed by atoms with Crippen LogP contribution in [-0.4, -0.2) is 27.8 Å². The predicted molar refractivity (Wildman–Crippen MR) is 82.9 cm³/mol. The van der Waals surface area contributed by atoms with Gasteiger partial charge in [0.1, 0.15) is 5.78 Å². The number of rotatable bonds is 1. The van der Waals surface area contributed by atoms with Crippen LogP contribution in [0.5, 0.6) is 0 Å².